The van der Waals surface area contributed by atoms with Gasteiger partial charge in [0, 0.05) is 31.9 Å². The van der Waals surface area contributed by atoms with Crippen molar-refractivity contribution in [3.05, 3.63) is 54.6 Å². The molecule has 0 atom stereocenters. The van der Waals surface area contributed by atoms with E-state index >= 15 is 0 Å². The Morgan fingerprint density at radius 2 is 1.41 bits per heavy atom. The van der Waals surface area contributed by atoms with E-state index < -0.39 is 0 Å². The zero-order valence-corrected chi connectivity index (χ0v) is 13.5. The second-order valence-corrected chi connectivity index (χ2v) is 6.10. The van der Waals surface area contributed by atoms with Gasteiger partial charge in [-0.15, -0.1) is 0 Å². The highest BCUT2D eigenvalue weighted by molar-refractivity contribution is 5.66. The van der Waals surface area contributed by atoms with Crippen molar-refractivity contribution in [1.82, 2.24) is 4.90 Å². The molecule has 3 rings (SSSR count). The van der Waals surface area contributed by atoms with Gasteiger partial charge in [0.25, 0.3) is 0 Å². The lowest BCUT2D eigenvalue weighted by Crippen LogP contribution is -2.46. The van der Waals surface area contributed by atoms with Gasteiger partial charge in [0.05, 0.1) is 0 Å². The highest BCUT2D eigenvalue weighted by Crippen LogP contribution is 2.23. The Morgan fingerprint density at radius 3 is 2.05 bits per heavy atom. The molecule has 0 aromatic heterocycles. The second-order valence-electron chi connectivity index (χ2n) is 6.10. The number of unbranched alkanes of at least 4 members (excludes halogenated alkanes) is 1. The van der Waals surface area contributed by atoms with Crippen LogP contribution in [-0.4, -0.2) is 37.6 Å². The molecule has 22 heavy (non-hydrogen) atoms. The molecule has 1 saturated heterocycles. The molecule has 2 aromatic rings. The van der Waals surface area contributed by atoms with Gasteiger partial charge in [0.15, 0.2) is 0 Å². The minimum absolute atomic E-state index is 1.15. The summed E-state index contributed by atoms with van der Waals surface area (Å²) in [4.78, 5) is 5.11. The van der Waals surface area contributed by atoms with Gasteiger partial charge in [-0.25, -0.2) is 0 Å². The summed E-state index contributed by atoms with van der Waals surface area (Å²) in [7, 11) is 0. The summed E-state index contributed by atoms with van der Waals surface area (Å²) >= 11 is 0. The fourth-order valence-electron chi connectivity index (χ4n) is 3.11. The smallest absolute Gasteiger partial charge is 0.0367 e. The molecule has 0 amide bonds. The number of piperazine rings is 1. The number of hydrogen-bond acceptors (Lipinski definition) is 2. The molecule has 1 aliphatic heterocycles. The van der Waals surface area contributed by atoms with Crippen molar-refractivity contribution in [3.63, 3.8) is 0 Å². The Labute approximate surface area is 134 Å². The summed E-state index contributed by atoms with van der Waals surface area (Å²) in [5, 5.41) is 0. The summed E-state index contributed by atoms with van der Waals surface area (Å²) in [5.74, 6) is 0. The van der Waals surface area contributed by atoms with Crippen molar-refractivity contribution < 1.29 is 0 Å². The molecule has 0 N–H and O–H groups in total. The van der Waals surface area contributed by atoms with Crippen LogP contribution in [0.25, 0.3) is 11.1 Å². The summed E-state index contributed by atoms with van der Waals surface area (Å²) in [6, 6.07) is 19.6. The van der Waals surface area contributed by atoms with Crippen LogP contribution in [0.15, 0.2) is 54.6 Å². The molecule has 1 aliphatic rings. The maximum atomic E-state index is 2.60. The van der Waals surface area contributed by atoms with Gasteiger partial charge in [0.2, 0.25) is 0 Å². The third-order valence-corrected chi connectivity index (χ3v) is 4.54. The molecule has 0 saturated carbocycles. The molecule has 116 valence electrons. The Balaban J connectivity index is 1.60. The minimum Gasteiger partial charge on any atom is -0.369 e. The van der Waals surface area contributed by atoms with Gasteiger partial charge in [-0.2, -0.15) is 0 Å². The van der Waals surface area contributed by atoms with Crippen molar-refractivity contribution in [2.45, 2.75) is 19.8 Å². The summed E-state index contributed by atoms with van der Waals surface area (Å²) in [6.45, 7) is 8.21. The molecule has 1 fully saturated rings. The van der Waals surface area contributed by atoms with Crippen LogP contribution in [0.1, 0.15) is 19.8 Å². The number of benzene rings is 2. The second kappa shape index (κ2) is 7.46. The maximum Gasteiger partial charge on any atom is 0.0367 e. The molecule has 0 unspecified atom stereocenters. The van der Waals surface area contributed by atoms with Crippen LogP contribution >= 0.6 is 0 Å². The van der Waals surface area contributed by atoms with Crippen LogP contribution in [0, 0.1) is 0 Å². The average Bonchev–Trinajstić information content (AvgIpc) is 2.61. The van der Waals surface area contributed by atoms with Gasteiger partial charge < -0.3 is 4.90 Å². The fourth-order valence-corrected chi connectivity index (χ4v) is 3.11. The van der Waals surface area contributed by atoms with E-state index in [9.17, 15) is 0 Å². The number of anilines is 1. The van der Waals surface area contributed by atoms with Gasteiger partial charge >= 0.3 is 0 Å². The summed E-state index contributed by atoms with van der Waals surface area (Å²) < 4.78 is 0. The van der Waals surface area contributed by atoms with Crippen molar-refractivity contribution in [1.29, 1.82) is 0 Å². The van der Waals surface area contributed by atoms with Crippen LogP contribution in [0.3, 0.4) is 0 Å². The lowest BCUT2D eigenvalue weighted by molar-refractivity contribution is 0.254. The molecule has 2 heteroatoms. The average molecular weight is 294 g/mol. The molecule has 0 aliphatic carbocycles. The molecule has 0 spiro atoms. The largest absolute Gasteiger partial charge is 0.369 e. The normalized spacial score (nSPS) is 16.0. The molecule has 2 aromatic carbocycles. The van der Waals surface area contributed by atoms with Crippen LogP contribution in [-0.2, 0) is 0 Å². The Morgan fingerprint density at radius 1 is 0.773 bits per heavy atom. The first-order chi connectivity index (χ1) is 10.9. The van der Waals surface area contributed by atoms with E-state index in [4.69, 9.17) is 0 Å². The molecule has 0 radical (unpaired) electrons. The Hall–Kier alpha value is -1.80. The third kappa shape index (κ3) is 3.69. The minimum atomic E-state index is 1.15. The number of hydrogen-bond donors (Lipinski definition) is 0. The van der Waals surface area contributed by atoms with Crippen LogP contribution in [0.2, 0.25) is 0 Å². The van der Waals surface area contributed by atoms with E-state index in [1.165, 1.54) is 49.3 Å². The molecule has 0 bridgehead atoms. The highest BCUT2D eigenvalue weighted by atomic mass is 15.3. The predicted molar refractivity (Wildman–Crippen MR) is 95.4 cm³/mol. The first-order valence-corrected chi connectivity index (χ1v) is 8.49. The van der Waals surface area contributed by atoms with Gasteiger partial charge in [-0.1, -0.05) is 55.8 Å². The van der Waals surface area contributed by atoms with E-state index in [0.29, 0.717) is 0 Å². The van der Waals surface area contributed by atoms with E-state index in [0.717, 1.165) is 13.1 Å². The molecular formula is C20H26N2. The Bertz CT molecular complexity index is 554. The molecule has 2 nitrogen and oxygen atoms in total. The maximum absolute atomic E-state index is 2.60. The van der Waals surface area contributed by atoms with E-state index in [-0.39, 0.29) is 0 Å². The lowest BCUT2D eigenvalue weighted by Gasteiger charge is -2.36. The predicted octanol–water partition coefficient (Wildman–Crippen LogP) is 4.28. The van der Waals surface area contributed by atoms with Crippen molar-refractivity contribution in [2.75, 3.05) is 37.6 Å². The third-order valence-electron chi connectivity index (χ3n) is 4.54. The SMILES string of the molecule is CCCCN1CCN(c2ccc(-c3ccccc3)cc2)CC1. The van der Waals surface area contributed by atoms with Crippen molar-refractivity contribution in [3.8, 4) is 11.1 Å². The van der Waals surface area contributed by atoms with Crippen LogP contribution < -0.4 is 4.90 Å². The Kier molecular flexibility index (Phi) is 5.12. The molecular weight excluding hydrogens is 268 g/mol. The zero-order valence-electron chi connectivity index (χ0n) is 13.5. The number of nitrogens with zero attached hydrogens (tertiary/aromatic N) is 2. The van der Waals surface area contributed by atoms with E-state index in [1.54, 1.807) is 0 Å². The highest BCUT2D eigenvalue weighted by Gasteiger charge is 2.16. The van der Waals surface area contributed by atoms with Crippen molar-refractivity contribution >= 4 is 5.69 Å². The summed E-state index contributed by atoms with van der Waals surface area (Å²) in [5.41, 5.74) is 3.94. The summed E-state index contributed by atoms with van der Waals surface area (Å²) in [6.07, 6.45) is 2.62. The van der Waals surface area contributed by atoms with E-state index in [2.05, 4.69) is 71.3 Å². The van der Waals surface area contributed by atoms with Crippen LogP contribution in [0.5, 0.6) is 0 Å². The standard InChI is InChI=1S/C20H26N2/c1-2-3-13-21-14-16-22(17-15-21)20-11-9-19(10-12-20)18-7-5-4-6-8-18/h4-12H,2-3,13-17H2,1H3. The van der Waals surface area contributed by atoms with Crippen molar-refractivity contribution in [2.24, 2.45) is 0 Å². The number of rotatable bonds is 5. The molecule has 1 heterocycles. The van der Waals surface area contributed by atoms with Gasteiger partial charge in [0.1, 0.15) is 0 Å². The topological polar surface area (TPSA) is 6.48 Å². The monoisotopic (exact) mass is 294 g/mol. The van der Waals surface area contributed by atoms with E-state index in [1.807, 2.05) is 0 Å². The van der Waals surface area contributed by atoms with Gasteiger partial charge in [-0.3, -0.25) is 4.90 Å². The van der Waals surface area contributed by atoms with Crippen LogP contribution in [0.4, 0.5) is 5.69 Å². The van der Waals surface area contributed by atoms with Gasteiger partial charge in [-0.05, 0) is 36.2 Å². The zero-order chi connectivity index (χ0) is 15.2. The fraction of sp³-hybridized carbons (Fsp3) is 0.400. The quantitative estimate of drug-likeness (QED) is 0.812. The lowest BCUT2D eigenvalue weighted by atomic mass is 10.1. The first-order valence-electron chi connectivity index (χ1n) is 8.49. The first kappa shape index (κ1) is 15.1.